The number of amides is 1. The van der Waals surface area contributed by atoms with Crippen molar-refractivity contribution in [3.05, 3.63) is 35.6 Å². The average molecular weight is 288 g/mol. The number of hydrogen-bond donors (Lipinski definition) is 0. The quantitative estimate of drug-likeness (QED) is 0.783. The van der Waals surface area contributed by atoms with E-state index in [4.69, 9.17) is 0 Å². The molecule has 0 spiro atoms. The Kier molecular flexibility index (Phi) is 4.08. The van der Waals surface area contributed by atoms with Gasteiger partial charge in [-0.15, -0.1) is 0 Å². The van der Waals surface area contributed by atoms with Gasteiger partial charge in [0.15, 0.2) is 0 Å². The van der Waals surface area contributed by atoms with Crippen molar-refractivity contribution in [1.82, 2.24) is 4.90 Å². The lowest BCUT2D eigenvalue weighted by Crippen LogP contribution is -2.46. The van der Waals surface area contributed by atoms with Crippen LogP contribution in [0.1, 0.15) is 24.2 Å². The first-order valence-corrected chi connectivity index (χ1v) is 6.10. The molecule has 0 aliphatic carbocycles. The van der Waals surface area contributed by atoms with E-state index in [-0.39, 0.29) is 17.3 Å². The van der Waals surface area contributed by atoms with Gasteiger partial charge in [0, 0.05) is 23.5 Å². The third kappa shape index (κ3) is 2.82. The minimum Gasteiger partial charge on any atom is -0.336 e. The van der Waals surface area contributed by atoms with Gasteiger partial charge in [-0.2, -0.15) is 0 Å². The summed E-state index contributed by atoms with van der Waals surface area (Å²) in [6.45, 7) is 3.92. The van der Waals surface area contributed by atoms with Crippen LogP contribution in [-0.4, -0.2) is 28.7 Å². The van der Waals surface area contributed by atoms with Crippen LogP contribution in [0.3, 0.4) is 0 Å². The average Bonchev–Trinajstić information content (AvgIpc) is 2.28. The van der Waals surface area contributed by atoms with Crippen molar-refractivity contribution in [2.24, 2.45) is 0 Å². The second-order valence-corrected chi connectivity index (χ2v) is 4.88. The molecular weight excluding hydrogens is 273 g/mol. The summed E-state index contributed by atoms with van der Waals surface area (Å²) in [6.07, 6.45) is 0. The summed E-state index contributed by atoms with van der Waals surface area (Å²) in [6, 6.07) is 5.58. The first-order chi connectivity index (χ1) is 7.38. The number of halogens is 2. The van der Waals surface area contributed by atoms with Gasteiger partial charge in [-0.25, -0.2) is 4.39 Å². The first kappa shape index (κ1) is 13.2. The predicted octanol–water partition coefficient (Wildman–Crippen LogP) is 3.07. The molecule has 0 fully saturated rings. The van der Waals surface area contributed by atoms with Crippen LogP contribution in [0.5, 0.6) is 0 Å². The van der Waals surface area contributed by atoms with E-state index >= 15 is 0 Å². The Labute approximate surface area is 104 Å². The van der Waals surface area contributed by atoms with Crippen LogP contribution in [0, 0.1) is 5.82 Å². The predicted molar refractivity (Wildman–Crippen MR) is 66.4 cm³/mol. The summed E-state index contributed by atoms with van der Waals surface area (Å²) in [4.78, 5) is 13.7. The molecule has 0 unspecified atom stereocenters. The molecule has 0 aromatic heterocycles. The molecule has 88 valence electrons. The number of nitrogens with zero attached hydrogens (tertiary/aromatic N) is 1. The number of hydrogen-bond acceptors (Lipinski definition) is 1. The zero-order valence-electron chi connectivity index (χ0n) is 9.63. The number of alkyl halides is 1. The second kappa shape index (κ2) is 4.95. The van der Waals surface area contributed by atoms with E-state index in [0.29, 0.717) is 10.9 Å². The summed E-state index contributed by atoms with van der Waals surface area (Å²) in [7, 11) is 1.74. The highest BCUT2D eigenvalue weighted by Crippen LogP contribution is 2.18. The van der Waals surface area contributed by atoms with Gasteiger partial charge in [-0.05, 0) is 38.1 Å². The number of benzene rings is 1. The van der Waals surface area contributed by atoms with E-state index in [9.17, 15) is 9.18 Å². The monoisotopic (exact) mass is 287 g/mol. The van der Waals surface area contributed by atoms with Gasteiger partial charge in [0.25, 0.3) is 5.91 Å². The topological polar surface area (TPSA) is 20.3 Å². The maximum atomic E-state index is 12.7. The molecule has 2 nitrogen and oxygen atoms in total. The van der Waals surface area contributed by atoms with Crippen LogP contribution >= 0.6 is 15.9 Å². The van der Waals surface area contributed by atoms with Gasteiger partial charge in [-0.3, -0.25) is 4.79 Å². The molecule has 1 amide bonds. The number of carbonyl (C=O) groups is 1. The molecule has 0 saturated carbocycles. The number of carbonyl (C=O) groups excluding carboxylic acids is 1. The Bertz CT molecular complexity index is 375. The van der Waals surface area contributed by atoms with Crippen molar-refractivity contribution in [2.75, 3.05) is 12.4 Å². The molecule has 1 aromatic rings. The molecule has 1 rings (SSSR count). The molecule has 0 aliphatic rings. The minimum atomic E-state index is -0.334. The third-order valence-corrected chi connectivity index (χ3v) is 4.00. The fraction of sp³-hybridized carbons (Fsp3) is 0.417. The van der Waals surface area contributed by atoms with Crippen LogP contribution in [0.15, 0.2) is 24.3 Å². The first-order valence-electron chi connectivity index (χ1n) is 4.98. The van der Waals surface area contributed by atoms with Crippen molar-refractivity contribution >= 4 is 21.8 Å². The molecule has 0 bridgehead atoms. The Morgan fingerprint density at radius 1 is 1.38 bits per heavy atom. The van der Waals surface area contributed by atoms with E-state index in [1.165, 1.54) is 24.3 Å². The summed E-state index contributed by atoms with van der Waals surface area (Å²) >= 11 is 3.37. The Hall–Kier alpha value is -0.900. The molecule has 0 heterocycles. The molecule has 16 heavy (non-hydrogen) atoms. The second-order valence-electron chi connectivity index (χ2n) is 4.32. The molecule has 4 heteroatoms. The van der Waals surface area contributed by atoms with Crippen molar-refractivity contribution < 1.29 is 9.18 Å². The highest BCUT2D eigenvalue weighted by atomic mass is 79.9. The van der Waals surface area contributed by atoms with Crippen LogP contribution in [0.4, 0.5) is 4.39 Å². The van der Waals surface area contributed by atoms with Crippen molar-refractivity contribution in [2.45, 2.75) is 19.4 Å². The molecular formula is C12H15BrFNO. The van der Waals surface area contributed by atoms with Gasteiger partial charge in [-0.1, -0.05) is 15.9 Å². The Balaban J connectivity index is 2.90. The van der Waals surface area contributed by atoms with E-state index in [1.807, 2.05) is 13.8 Å². The van der Waals surface area contributed by atoms with Gasteiger partial charge in [0.2, 0.25) is 0 Å². The maximum Gasteiger partial charge on any atom is 0.254 e. The largest absolute Gasteiger partial charge is 0.336 e. The Morgan fingerprint density at radius 3 is 2.31 bits per heavy atom. The highest BCUT2D eigenvalue weighted by molar-refractivity contribution is 9.09. The Morgan fingerprint density at radius 2 is 1.88 bits per heavy atom. The van der Waals surface area contributed by atoms with Gasteiger partial charge >= 0.3 is 0 Å². The van der Waals surface area contributed by atoms with E-state index < -0.39 is 0 Å². The molecule has 1 aromatic carbocycles. The normalized spacial score (nSPS) is 11.3. The number of rotatable bonds is 3. The SMILES string of the molecule is CN(C(=O)c1ccc(F)cc1)C(C)(C)CBr. The van der Waals surface area contributed by atoms with Crippen LogP contribution < -0.4 is 0 Å². The fourth-order valence-electron chi connectivity index (χ4n) is 1.15. The van der Waals surface area contributed by atoms with Gasteiger partial charge in [0.1, 0.15) is 5.82 Å². The third-order valence-electron chi connectivity index (χ3n) is 2.63. The lowest BCUT2D eigenvalue weighted by molar-refractivity contribution is 0.0663. The fourth-order valence-corrected chi connectivity index (χ4v) is 1.53. The van der Waals surface area contributed by atoms with Crippen LogP contribution in [-0.2, 0) is 0 Å². The smallest absolute Gasteiger partial charge is 0.254 e. The van der Waals surface area contributed by atoms with Crippen molar-refractivity contribution in [3.8, 4) is 0 Å². The highest BCUT2D eigenvalue weighted by Gasteiger charge is 2.26. The van der Waals surface area contributed by atoms with Gasteiger partial charge in [0.05, 0.1) is 0 Å². The van der Waals surface area contributed by atoms with Crippen LogP contribution in [0.2, 0.25) is 0 Å². The molecule has 0 atom stereocenters. The molecule has 0 saturated heterocycles. The molecule has 0 N–H and O–H groups in total. The lowest BCUT2D eigenvalue weighted by Gasteiger charge is -2.34. The molecule has 0 aliphatic heterocycles. The lowest BCUT2D eigenvalue weighted by atomic mass is 10.1. The maximum absolute atomic E-state index is 12.7. The van der Waals surface area contributed by atoms with E-state index in [2.05, 4.69) is 15.9 Å². The zero-order chi connectivity index (χ0) is 12.3. The summed E-state index contributed by atoms with van der Waals surface area (Å²) in [5.74, 6) is -0.441. The summed E-state index contributed by atoms with van der Waals surface area (Å²) in [5.41, 5.74) is 0.226. The summed E-state index contributed by atoms with van der Waals surface area (Å²) in [5, 5.41) is 0.684. The van der Waals surface area contributed by atoms with Crippen molar-refractivity contribution in [1.29, 1.82) is 0 Å². The van der Waals surface area contributed by atoms with Crippen molar-refractivity contribution in [3.63, 3.8) is 0 Å². The van der Waals surface area contributed by atoms with Gasteiger partial charge < -0.3 is 4.90 Å². The molecule has 0 radical (unpaired) electrons. The van der Waals surface area contributed by atoms with Crippen LogP contribution in [0.25, 0.3) is 0 Å². The van der Waals surface area contributed by atoms with E-state index in [0.717, 1.165) is 0 Å². The standard InChI is InChI=1S/C12H15BrFNO/c1-12(2,8-13)15(3)11(16)9-4-6-10(14)7-5-9/h4-7H,8H2,1-3H3. The van der Waals surface area contributed by atoms with E-state index in [1.54, 1.807) is 11.9 Å². The summed E-state index contributed by atoms with van der Waals surface area (Å²) < 4.78 is 12.7. The minimum absolute atomic E-state index is 0.107. The zero-order valence-corrected chi connectivity index (χ0v) is 11.2.